The maximum Gasteiger partial charge on any atom is 0.335 e. The molecule has 0 aliphatic heterocycles. The number of aryl methyl sites for hydroxylation is 1. The Morgan fingerprint density at radius 3 is 2.38 bits per heavy atom. The molecule has 0 aliphatic carbocycles. The summed E-state index contributed by atoms with van der Waals surface area (Å²) in [5.41, 5.74) is 4.04. The average Bonchev–Trinajstić information content (AvgIpc) is 2.17. The summed E-state index contributed by atoms with van der Waals surface area (Å²) in [6.45, 7) is 1.99. The highest BCUT2D eigenvalue weighted by atomic mass is 16.2. The summed E-state index contributed by atoms with van der Waals surface area (Å²) in [4.78, 5) is 12.5. The molecular weight excluding hydrogens is 166 g/mol. The SMILES string of the molecule is Cc1ccc(N(C)C(=O)NN)cc1. The highest BCUT2D eigenvalue weighted by Gasteiger charge is 2.07. The topological polar surface area (TPSA) is 58.4 Å². The zero-order valence-corrected chi connectivity index (χ0v) is 7.74. The Labute approximate surface area is 77.3 Å². The first-order valence-electron chi connectivity index (χ1n) is 3.96. The molecule has 0 spiro atoms. The lowest BCUT2D eigenvalue weighted by Gasteiger charge is -2.16. The molecule has 0 atom stereocenters. The number of amides is 2. The molecule has 1 aromatic rings. The van der Waals surface area contributed by atoms with Crippen LogP contribution >= 0.6 is 0 Å². The lowest BCUT2D eigenvalue weighted by Crippen LogP contribution is -2.41. The Morgan fingerprint density at radius 2 is 1.92 bits per heavy atom. The number of anilines is 1. The van der Waals surface area contributed by atoms with Crippen molar-refractivity contribution in [1.29, 1.82) is 0 Å². The third-order valence-electron chi connectivity index (χ3n) is 1.85. The van der Waals surface area contributed by atoms with Gasteiger partial charge in [0.25, 0.3) is 0 Å². The van der Waals surface area contributed by atoms with Gasteiger partial charge in [0.05, 0.1) is 0 Å². The first kappa shape index (κ1) is 9.54. The Bertz CT molecular complexity index is 294. The van der Waals surface area contributed by atoms with Crippen LogP contribution in [-0.4, -0.2) is 13.1 Å². The average molecular weight is 179 g/mol. The summed E-state index contributed by atoms with van der Waals surface area (Å²) < 4.78 is 0. The number of nitrogens with two attached hydrogens (primary N) is 1. The van der Waals surface area contributed by atoms with Crippen LogP contribution in [0.1, 0.15) is 5.56 Å². The molecule has 0 unspecified atom stereocenters. The number of carbonyl (C=O) groups excluding carboxylic acids is 1. The van der Waals surface area contributed by atoms with E-state index < -0.39 is 0 Å². The number of nitrogens with zero attached hydrogens (tertiary/aromatic N) is 1. The minimum atomic E-state index is -0.330. The van der Waals surface area contributed by atoms with Gasteiger partial charge in [-0.05, 0) is 19.1 Å². The highest BCUT2D eigenvalue weighted by molar-refractivity contribution is 5.90. The molecule has 3 N–H and O–H groups in total. The lowest BCUT2D eigenvalue weighted by atomic mass is 10.2. The molecule has 4 nitrogen and oxygen atoms in total. The van der Waals surface area contributed by atoms with E-state index in [0.717, 1.165) is 11.3 Å². The van der Waals surface area contributed by atoms with E-state index in [1.807, 2.05) is 31.2 Å². The van der Waals surface area contributed by atoms with Crippen LogP contribution in [0.4, 0.5) is 10.5 Å². The van der Waals surface area contributed by atoms with Crippen LogP contribution in [0.15, 0.2) is 24.3 Å². The van der Waals surface area contributed by atoms with E-state index >= 15 is 0 Å². The molecular formula is C9H13N3O. The summed E-state index contributed by atoms with van der Waals surface area (Å²) in [5.74, 6) is 5.00. The zero-order valence-electron chi connectivity index (χ0n) is 7.74. The molecule has 0 bridgehead atoms. The van der Waals surface area contributed by atoms with Gasteiger partial charge in [-0.2, -0.15) is 0 Å². The maximum absolute atomic E-state index is 11.1. The van der Waals surface area contributed by atoms with Gasteiger partial charge >= 0.3 is 6.03 Å². The molecule has 0 fully saturated rings. The van der Waals surface area contributed by atoms with E-state index in [4.69, 9.17) is 5.84 Å². The smallest absolute Gasteiger partial charge is 0.296 e. The minimum Gasteiger partial charge on any atom is -0.296 e. The summed E-state index contributed by atoms with van der Waals surface area (Å²) in [6, 6.07) is 7.28. The molecule has 0 aliphatic rings. The first-order valence-corrected chi connectivity index (χ1v) is 3.96. The van der Waals surface area contributed by atoms with Crippen molar-refractivity contribution in [1.82, 2.24) is 5.43 Å². The minimum absolute atomic E-state index is 0.330. The van der Waals surface area contributed by atoms with Crippen LogP contribution in [0.5, 0.6) is 0 Å². The van der Waals surface area contributed by atoms with Gasteiger partial charge in [-0.3, -0.25) is 10.3 Å². The Kier molecular flexibility index (Phi) is 2.87. The summed E-state index contributed by atoms with van der Waals surface area (Å²) in [7, 11) is 1.66. The van der Waals surface area contributed by atoms with Crippen molar-refractivity contribution in [2.75, 3.05) is 11.9 Å². The second-order valence-electron chi connectivity index (χ2n) is 2.84. The van der Waals surface area contributed by atoms with Crippen LogP contribution in [0.3, 0.4) is 0 Å². The molecule has 0 saturated heterocycles. The van der Waals surface area contributed by atoms with Gasteiger partial charge in [-0.15, -0.1) is 0 Å². The standard InChI is InChI=1S/C9H13N3O/c1-7-3-5-8(6-4-7)12(2)9(13)11-10/h3-6H,10H2,1-2H3,(H,11,13). The van der Waals surface area contributed by atoms with Crippen LogP contribution in [-0.2, 0) is 0 Å². The number of rotatable bonds is 1. The van der Waals surface area contributed by atoms with Crippen LogP contribution in [0.2, 0.25) is 0 Å². The van der Waals surface area contributed by atoms with Crippen molar-refractivity contribution in [3.63, 3.8) is 0 Å². The second-order valence-corrected chi connectivity index (χ2v) is 2.84. The van der Waals surface area contributed by atoms with Gasteiger partial charge in [-0.25, -0.2) is 10.6 Å². The van der Waals surface area contributed by atoms with E-state index in [1.54, 1.807) is 7.05 Å². The van der Waals surface area contributed by atoms with Gasteiger partial charge in [0.15, 0.2) is 0 Å². The van der Waals surface area contributed by atoms with Gasteiger partial charge in [-0.1, -0.05) is 17.7 Å². The highest BCUT2D eigenvalue weighted by Crippen LogP contribution is 2.12. The van der Waals surface area contributed by atoms with Crippen molar-refractivity contribution in [3.05, 3.63) is 29.8 Å². The quantitative estimate of drug-likeness (QED) is 0.384. The van der Waals surface area contributed by atoms with E-state index in [1.165, 1.54) is 4.90 Å². The number of urea groups is 1. The summed E-state index contributed by atoms with van der Waals surface area (Å²) in [6.07, 6.45) is 0. The van der Waals surface area contributed by atoms with E-state index in [-0.39, 0.29) is 6.03 Å². The molecule has 2 amide bonds. The molecule has 0 heterocycles. The molecule has 13 heavy (non-hydrogen) atoms. The Balaban J connectivity index is 2.83. The Morgan fingerprint density at radius 1 is 1.38 bits per heavy atom. The van der Waals surface area contributed by atoms with Crippen molar-refractivity contribution >= 4 is 11.7 Å². The van der Waals surface area contributed by atoms with Gasteiger partial charge in [0.1, 0.15) is 0 Å². The number of carbonyl (C=O) groups is 1. The fraction of sp³-hybridized carbons (Fsp3) is 0.222. The Hall–Kier alpha value is -1.55. The number of hydrogen-bond donors (Lipinski definition) is 2. The summed E-state index contributed by atoms with van der Waals surface area (Å²) >= 11 is 0. The van der Waals surface area contributed by atoms with Crippen LogP contribution < -0.4 is 16.2 Å². The third kappa shape index (κ3) is 2.19. The van der Waals surface area contributed by atoms with E-state index in [2.05, 4.69) is 5.43 Å². The van der Waals surface area contributed by atoms with Gasteiger partial charge < -0.3 is 0 Å². The molecule has 4 heteroatoms. The van der Waals surface area contributed by atoms with Crippen molar-refractivity contribution < 1.29 is 4.79 Å². The van der Waals surface area contributed by atoms with Gasteiger partial charge in [0, 0.05) is 12.7 Å². The number of benzene rings is 1. The molecule has 1 rings (SSSR count). The maximum atomic E-state index is 11.1. The number of nitrogens with one attached hydrogen (secondary N) is 1. The summed E-state index contributed by atoms with van der Waals surface area (Å²) in [5, 5.41) is 0. The predicted molar refractivity (Wildman–Crippen MR) is 52.3 cm³/mol. The van der Waals surface area contributed by atoms with Crippen molar-refractivity contribution in [2.45, 2.75) is 6.92 Å². The third-order valence-corrected chi connectivity index (χ3v) is 1.85. The number of hydrazine groups is 1. The molecule has 0 radical (unpaired) electrons. The number of hydrogen-bond acceptors (Lipinski definition) is 2. The molecule has 1 aromatic carbocycles. The van der Waals surface area contributed by atoms with Gasteiger partial charge in [0.2, 0.25) is 0 Å². The van der Waals surface area contributed by atoms with E-state index in [0.29, 0.717) is 0 Å². The monoisotopic (exact) mass is 179 g/mol. The normalized spacial score (nSPS) is 9.46. The van der Waals surface area contributed by atoms with Crippen LogP contribution in [0, 0.1) is 6.92 Å². The predicted octanol–water partition coefficient (Wildman–Crippen LogP) is 1.01. The van der Waals surface area contributed by atoms with Crippen molar-refractivity contribution in [3.8, 4) is 0 Å². The first-order chi connectivity index (χ1) is 6.15. The fourth-order valence-corrected chi connectivity index (χ4v) is 0.982. The largest absolute Gasteiger partial charge is 0.335 e. The lowest BCUT2D eigenvalue weighted by molar-refractivity contribution is 0.247. The molecule has 0 aromatic heterocycles. The fourth-order valence-electron chi connectivity index (χ4n) is 0.982. The van der Waals surface area contributed by atoms with Crippen LogP contribution in [0.25, 0.3) is 0 Å². The second kappa shape index (κ2) is 3.91. The molecule has 70 valence electrons. The zero-order chi connectivity index (χ0) is 9.84. The van der Waals surface area contributed by atoms with Crippen molar-refractivity contribution in [2.24, 2.45) is 5.84 Å². The molecule has 0 saturated carbocycles. The van der Waals surface area contributed by atoms with E-state index in [9.17, 15) is 4.79 Å².